The van der Waals surface area contributed by atoms with Crippen LogP contribution in [0.25, 0.3) is 0 Å². The molecule has 14 nitrogen and oxygen atoms in total. The molecule has 0 atom stereocenters. The normalized spacial score (nSPS) is 16.6. The Morgan fingerprint density at radius 3 is 1.28 bits per heavy atom. The number of ether oxygens (including phenoxy) is 3. The van der Waals surface area contributed by atoms with Crippen molar-refractivity contribution in [1.29, 1.82) is 0 Å². The summed E-state index contributed by atoms with van der Waals surface area (Å²) in [4.78, 5) is 45.0. The number of aliphatic hydroxyl groups excluding tert-OH is 1. The standard InChI is InChI=1S/C23H28N2O2.C13H17NO2.C12H15NO3.C11H15N.CH3ClO2S/c1-27-21-7-8-22-20(17-21)11-14-25(23(22)26)16-15-24-12-9-19(10-13-24)18-5-3-2-4-6-18;1-3-7-14-8-6-10-9-11(16-2)4-5-12(10)13(14)15;1-16-10-2-3-11-9(8-10)4-5-13(6-7-14)12(11)15;1-2-4-10(5-3-1)11-6-8-12-9-7-11;1-5(2,3)4/h2-8,17,19H,9-16H2,1H3;4-5,9H,3,6-8H2,1-2H3;2-3,8,14H,4-7H2,1H3;1-5,11-12H,6-9H2;1H3. The molecule has 0 spiro atoms. The van der Waals surface area contributed by atoms with Crippen molar-refractivity contribution in [2.24, 2.45) is 0 Å². The number of amides is 3. The first-order valence-electron chi connectivity index (χ1n) is 26.6. The van der Waals surface area contributed by atoms with E-state index < -0.39 is 9.05 Å². The van der Waals surface area contributed by atoms with Crippen molar-refractivity contribution < 1.29 is 42.1 Å². The number of carbonyl (C=O) groups excluding carboxylic acids is 3. The summed E-state index contributed by atoms with van der Waals surface area (Å²) in [5.41, 5.74) is 8.62. The van der Waals surface area contributed by atoms with Crippen molar-refractivity contribution in [3.05, 3.63) is 160 Å². The minimum absolute atomic E-state index is 0.00190. The summed E-state index contributed by atoms with van der Waals surface area (Å²) in [6.07, 6.45) is 9.60. The summed E-state index contributed by atoms with van der Waals surface area (Å²) in [7, 11) is 6.24. The van der Waals surface area contributed by atoms with E-state index in [9.17, 15) is 22.8 Å². The zero-order chi connectivity index (χ0) is 54.5. The Kier molecular flexibility index (Phi) is 23.5. The highest BCUT2D eigenvalue weighted by Gasteiger charge is 2.28. The third kappa shape index (κ3) is 17.8. The molecule has 410 valence electrons. The third-order valence-corrected chi connectivity index (χ3v) is 14.5. The zero-order valence-corrected chi connectivity index (χ0v) is 46.6. The van der Waals surface area contributed by atoms with Gasteiger partial charge >= 0.3 is 0 Å². The van der Waals surface area contributed by atoms with Crippen LogP contribution in [0.15, 0.2) is 115 Å². The number of rotatable bonds is 12. The van der Waals surface area contributed by atoms with Crippen LogP contribution in [0, 0.1) is 0 Å². The second-order valence-corrected chi connectivity index (χ2v) is 22.6. The molecule has 3 amide bonds. The summed E-state index contributed by atoms with van der Waals surface area (Å²) in [6.45, 7) is 12.1. The average Bonchev–Trinajstić information content (AvgIpc) is 3.45. The number of benzene rings is 5. The van der Waals surface area contributed by atoms with E-state index in [1.165, 1.54) is 49.9 Å². The summed E-state index contributed by atoms with van der Waals surface area (Å²) < 4.78 is 34.4. The molecule has 5 aliphatic rings. The number of hydrogen-bond donors (Lipinski definition) is 2. The van der Waals surface area contributed by atoms with Crippen molar-refractivity contribution >= 4 is 37.5 Å². The number of fused-ring (bicyclic) bond motifs is 3. The number of carbonyl (C=O) groups is 3. The molecule has 0 radical (unpaired) electrons. The number of likely N-dealkylation sites (tertiary alicyclic amines) is 1. The average molecular weight is 1080 g/mol. The van der Waals surface area contributed by atoms with Crippen molar-refractivity contribution in [1.82, 2.24) is 24.9 Å². The summed E-state index contributed by atoms with van der Waals surface area (Å²) in [6, 6.07) is 38.7. The summed E-state index contributed by atoms with van der Waals surface area (Å²) in [5.74, 6) is 4.24. The van der Waals surface area contributed by atoms with Gasteiger partial charge in [0.15, 0.2) is 0 Å². The van der Waals surface area contributed by atoms with Gasteiger partial charge in [-0.3, -0.25) is 14.4 Å². The SMILES string of the molecule is CCCN1CCc2cc(OC)ccc2C1=O.COc1ccc2c(c1)CCN(CCN1CCC(c3ccccc3)CC1)C2=O.COc1ccc2c(c1)CCN(CCO)C2=O.CS(=O)(=O)Cl.c1ccc(C2CCNCC2)cc1. The molecule has 2 N–H and O–H groups in total. The molecule has 5 aromatic rings. The minimum Gasteiger partial charge on any atom is -0.497 e. The molecular formula is C60H78ClN5O9S. The van der Waals surface area contributed by atoms with Crippen LogP contribution in [0.1, 0.15) is 110 Å². The fourth-order valence-electron chi connectivity index (χ4n) is 10.3. The van der Waals surface area contributed by atoms with Crippen molar-refractivity contribution in [3.63, 3.8) is 0 Å². The number of β-amino-alcohol motifs (C(OH)–C–C–N with tert-alkyl or cyclic N) is 1. The maximum absolute atomic E-state index is 12.8. The van der Waals surface area contributed by atoms with Gasteiger partial charge in [0.05, 0.1) is 34.2 Å². The Morgan fingerprint density at radius 1 is 0.539 bits per heavy atom. The molecule has 10 rings (SSSR count). The van der Waals surface area contributed by atoms with Gasteiger partial charge in [0.1, 0.15) is 17.2 Å². The molecule has 0 aromatic heterocycles. The Balaban J connectivity index is 0.000000166. The second kappa shape index (κ2) is 30.1. The van der Waals surface area contributed by atoms with Crippen molar-refractivity contribution in [2.45, 2.75) is 70.1 Å². The number of nitrogens with zero attached hydrogens (tertiary/aromatic N) is 4. The van der Waals surface area contributed by atoms with E-state index in [-0.39, 0.29) is 24.3 Å². The van der Waals surface area contributed by atoms with Gasteiger partial charge in [-0.1, -0.05) is 67.6 Å². The molecule has 5 heterocycles. The van der Waals surface area contributed by atoms with Crippen molar-refractivity contribution in [2.75, 3.05) is 106 Å². The zero-order valence-electron chi connectivity index (χ0n) is 45.1. The van der Waals surface area contributed by atoms with Gasteiger partial charge < -0.3 is 44.2 Å². The minimum atomic E-state index is -3.19. The van der Waals surface area contributed by atoms with Gasteiger partial charge in [0.2, 0.25) is 9.05 Å². The molecule has 76 heavy (non-hydrogen) atoms. The van der Waals surface area contributed by atoms with Crippen LogP contribution in [0.4, 0.5) is 0 Å². The topological polar surface area (TPSA) is 158 Å². The predicted octanol–water partition coefficient (Wildman–Crippen LogP) is 8.70. The predicted molar refractivity (Wildman–Crippen MR) is 302 cm³/mol. The summed E-state index contributed by atoms with van der Waals surface area (Å²) >= 11 is 0. The lowest BCUT2D eigenvalue weighted by atomic mass is 9.89. The lowest BCUT2D eigenvalue weighted by molar-refractivity contribution is 0.0700. The maximum atomic E-state index is 12.8. The molecule has 5 aromatic carbocycles. The van der Waals surface area contributed by atoms with Crippen LogP contribution >= 0.6 is 10.7 Å². The Morgan fingerprint density at radius 2 is 0.908 bits per heavy atom. The quantitative estimate of drug-likeness (QED) is 0.115. The molecule has 0 aliphatic carbocycles. The Labute approximate surface area is 455 Å². The first kappa shape index (κ1) is 59.3. The van der Waals surface area contributed by atoms with E-state index >= 15 is 0 Å². The molecule has 2 fully saturated rings. The van der Waals surface area contributed by atoms with Gasteiger partial charge in [-0.15, -0.1) is 0 Å². The lowest BCUT2D eigenvalue weighted by Crippen LogP contribution is -2.44. The second-order valence-electron chi connectivity index (χ2n) is 19.6. The summed E-state index contributed by atoms with van der Waals surface area (Å²) in [5, 5.41) is 12.2. The molecule has 0 unspecified atom stereocenters. The highest BCUT2D eigenvalue weighted by molar-refractivity contribution is 8.13. The molecular weight excluding hydrogens is 1000 g/mol. The number of nitrogens with one attached hydrogen (secondary N) is 1. The fourth-order valence-corrected chi connectivity index (χ4v) is 10.3. The smallest absolute Gasteiger partial charge is 0.254 e. The monoisotopic (exact) mass is 1080 g/mol. The number of methoxy groups -OCH3 is 3. The highest BCUT2D eigenvalue weighted by atomic mass is 35.7. The van der Waals surface area contributed by atoms with Gasteiger partial charge in [0.25, 0.3) is 17.7 Å². The first-order chi connectivity index (χ1) is 36.7. The molecule has 0 saturated carbocycles. The highest BCUT2D eigenvalue weighted by Crippen LogP contribution is 2.30. The van der Waals surface area contributed by atoms with E-state index in [0.29, 0.717) is 19.0 Å². The fraction of sp³-hybridized carbons (Fsp3) is 0.450. The van der Waals surface area contributed by atoms with E-state index in [4.69, 9.17) is 19.3 Å². The van der Waals surface area contributed by atoms with E-state index in [1.807, 2.05) is 52.3 Å². The number of aliphatic hydroxyl groups is 1. The van der Waals surface area contributed by atoms with Crippen LogP contribution in [0.5, 0.6) is 17.2 Å². The Hall–Kier alpha value is -5.97. The van der Waals surface area contributed by atoms with Gasteiger partial charge in [-0.25, -0.2) is 8.42 Å². The number of hydrogen-bond acceptors (Lipinski definition) is 11. The van der Waals surface area contributed by atoms with E-state index in [2.05, 4.69) is 88.5 Å². The van der Waals surface area contributed by atoms with Crippen LogP contribution in [-0.4, -0.2) is 157 Å². The first-order valence-corrected chi connectivity index (χ1v) is 29.4. The molecule has 0 bridgehead atoms. The van der Waals surface area contributed by atoms with Gasteiger partial charge in [-0.2, -0.15) is 0 Å². The van der Waals surface area contributed by atoms with Gasteiger partial charge in [0, 0.05) is 73.2 Å². The number of halogens is 1. The maximum Gasteiger partial charge on any atom is 0.254 e. The van der Waals surface area contributed by atoms with Crippen LogP contribution in [-0.2, 0) is 28.3 Å². The largest absolute Gasteiger partial charge is 0.497 e. The number of piperidine rings is 2. The van der Waals surface area contributed by atoms with Gasteiger partial charge in [-0.05, 0) is 172 Å². The van der Waals surface area contributed by atoms with E-state index in [1.54, 1.807) is 38.4 Å². The Bertz CT molecular complexity index is 2650. The van der Waals surface area contributed by atoms with Crippen LogP contribution in [0.2, 0.25) is 0 Å². The third-order valence-electron chi connectivity index (χ3n) is 14.5. The lowest BCUT2D eigenvalue weighted by Gasteiger charge is -2.35. The van der Waals surface area contributed by atoms with E-state index in [0.717, 1.165) is 134 Å². The molecule has 16 heteroatoms. The van der Waals surface area contributed by atoms with Crippen molar-refractivity contribution in [3.8, 4) is 17.2 Å². The van der Waals surface area contributed by atoms with Crippen LogP contribution < -0.4 is 19.5 Å². The molecule has 5 aliphatic heterocycles. The van der Waals surface area contributed by atoms with Crippen LogP contribution in [0.3, 0.4) is 0 Å². The molecule has 2 saturated heterocycles.